The van der Waals surface area contributed by atoms with Gasteiger partial charge < -0.3 is 35.4 Å². The number of rotatable bonds is 7. The molecule has 1 fully saturated rings. The number of hydrogen-bond acceptors (Lipinski definition) is 10. The van der Waals surface area contributed by atoms with E-state index in [1.54, 1.807) is 23.9 Å². The quantitative estimate of drug-likeness (QED) is 0.157. The van der Waals surface area contributed by atoms with Crippen LogP contribution in [0.4, 0.5) is 0 Å². The van der Waals surface area contributed by atoms with Gasteiger partial charge in [0.15, 0.2) is 0 Å². The molecular formula is C42H67N5O8S. The van der Waals surface area contributed by atoms with Crippen molar-refractivity contribution in [3.8, 4) is 0 Å². The smallest absolute Gasteiger partial charge is 0.329 e. The average Bonchev–Trinajstić information content (AvgIpc) is 3.82. The molecule has 0 radical (unpaired) electrons. The number of thioether (sulfide) groups is 1. The molecule has 1 saturated heterocycles. The summed E-state index contributed by atoms with van der Waals surface area (Å²) in [4.78, 5) is 75.3. The number of hydrogen-bond donors (Lipinski definition) is 4. The molecule has 4 N–H and O–H groups in total. The Bertz CT molecular complexity index is 1510. The summed E-state index contributed by atoms with van der Waals surface area (Å²) in [6, 6.07) is -3.93. The standard InChI is InChI=1S/C42H67N5O8S/c1-11-26(4)37-40(52)47-19-13-14-33(47)41(53)55-34(42(7,8)9)21-25(3)20-31(48)23-36-44-30(24-56-36)17-18-35(49)45-32(39(51)43-28(6)38(50)46-37)22-29(12-2)16-15-27(5)54-10/h12,15-16,25-26,28,30-34,37,48H,5,11,13-14,17-24H2,1-4,6-10H3,(H,43,51)(H,45,49)(H,46,50)/b16-15-,29-12+/t25-,26-,28-,30+,31-,32-,33-,34-,37-/m0/s1. The van der Waals surface area contributed by atoms with Gasteiger partial charge >= 0.3 is 5.97 Å². The number of allylic oxidation sites excluding steroid dienone is 3. The number of aliphatic hydroxyl groups is 1. The summed E-state index contributed by atoms with van der Waals surface area (Å²) in [6.07, 6.45) is 7.92. The molecule has 0 spiro atoms. The van der Waals surface area contributed by atoms with Crippen molar-refractivity contribution in [3.63, 3.8) is 0 Å². The fourth-order valence-corrected chi connectivity index (χ4v) is 8.25. The van der Waals surface area contributed by atoms with Crippen molar-refractivity contribution < 1.29 is 38.6 Å². The van der Waals surface area contributed by atoms with E-state index < -0.39 is 59.6 Å². The van der Waals surface area contributed by atoms with Crippen molar-refractivity contribution in [2.75, 3.05) is 19.4 Å². The van der Waals surface area contributed by atoms with Gasteiger partial charge in [-0.15, -0.1) is 11.8 Å². The van der Waals surface area contributed by atoms with E-state index in [1.165, 1.54) is 18.9 Å². The highest BCUT2D eigenvalue weighted by Crippen LogP contribution is 2.32. The molecule has 3 aliphatic rings. The lowest BCUT2D eigenvalue weighted by Gasteiger charge is -2.35. The summed E-state index contributed by atoms with van der Waals surface area (Å²) in [5.74, 6) is -1.44. The van der Waals surface area contributed by atoms with Crippen molar-refractivity contribution in [1.29, 1.82) is 0 Å². The second-order valence-corrected chi connectivity index (χ2v) is 17.8. The molecule has 0 aromatic rings. The Labute approximate surface area is 338 Å². The maximum Gasteiger partial charge on any atom is 0.329 e. The number of esters is 1. The summed E-state index contributed by atoms with van der Waals surface area (Å²) in [5.41, 5.74) is 0.336. The number of aliphatic hydroxyl groups excluding tert-OH is 1. The lowest BCUT2D eigenvalue weighted by atomic mass is 9.82. The number of carbonyl (C=O) groups excluding carboxylic acids is 5. The van der Waals surface area contributed by atoms with Crippen LogP contribution in [0.5, 0.6) is 0 Å². The number of amides is 4. The molecule has 0 aliphatic carbocycles. The van der Waals surface area contributed by atoms with Gasteiger partial charge in [-0.05, 0) is 74.9 Å². The van der Waals surface area contributed by atoms with Crippen LogP contribution in [0.1, 0.15) is 113 Å². The highest BCUT2D eigenvalue weighted by Gasteiger charge is 2.42. The molecule has 4 amide bonds. The van der Waals surface area contributed by atoms with Crippen LogP contribution in [0.2, 0.25) is 0 Å². The van der Waals surface area contributed by atoms with Crippen LogP contribution in [-0.4, -0.2) is 106 Å². The summed E-state index contributed by atoms with van der Waals surface area (Å²) in [5, 5.41) is 20.4. The van der Waals surface area contributed by atoms with Crippen LogP contribution in [0.3, 0.4) is 0 Å². The molecule has 9 atom stereocenters. The molecule has 0 aromatic carbocycles. The van der Waals surface area contributed by atoms with Gasteiger partial charge in [0, 0.05) is 31.6 Å². The SMILES string of the molecule is C=C(/C=C\C(=C/C)C[C@@H]1NC(=O)CC[C@@H]2CSC(=N2)C[C@@H](O)C[C@H](C)C[C@@H](C(C)(C)C)OC(=O)[C@@H]2CCCN2C(=O)[C@H]([C@@H](C)CC)NC(=O)[C@H](C)NC1=O)OC. The minimum atomic E-state index is -1.05. The highest BCUT2D eigenvalue weighted by atomic mass is 32.2. The first-order chi connectivity index (χ1) is 26.4. The first kappa shape index (κ1) is 46.7. The second-order valence-electron chi connectivity index (χ2n) is 16.7. The normalized spacial score (nSPS) is 30.6. The Kier molecular flexibility index (Phi) is 18.2. The maximum absolute atomic E-state index is 14.2. The number of ether oxygens (including phenoxy) is 2. The van der Waals surface area contributed by atoms with Crippen LogP contribution in [-0.2, 0) is 33.4 Å². The van der Waals surface area contributed by atoms with E-state index in [4.69, 9.17) is 14.5 Å². The van der Waals surface area contributed by atoms with E-state index in [0.29, 0.717) is 63.0 Å². The number of nitrogens with one attached hydrogen (secondary N) is 3. The van der Waals surface area contributed by atoms with E-state index in [-0.39, 0.29) is 42.5 Å². The number of carbonyl (C=O) groups is 5. The van der Waals surface area contributed by atoms with Gasteiger partial charge in [-0.1, -0.05) is 66.7 Å². The Morgan fingerprint density at radius 3 is 2.45 bits per heavy atom. The first-order valence-corrected chi connectivity index (χ1v) is 21.2. The summed E-state index contributed by atoms with van der Waals surface area (Å²) in [6.45, 7) is 19.4. The average molecular weight is 802 g/mol. The number of aliphatic imine (C=N–C) groups is 1. The van der Waals surface area contributed by atoms with Gasteiger partial charge in [0.2, 0.25) is 23.6 Å². The van der Waals surface area contributed by atoms with Gasteiger partial charge in [0.1, 0.15) is 36.0 Å². The van der Waals surface area contributed by atoms with E-state index in [9.17, 15) is 29.1 Å². The molecule has 3 aliphatic heterocycles. The van der Waals surface area contributed by atoms with Crippen LogP contribution >= 0.6 is 11.8 Å². The first-order valence-electron chi connectivity index (χ1n) is 20.2. The Balaban J connectivity index is 1.95. The van der Waals surface area contributed by atoms with Crippen LogP contribution in [0.15, 0.2) is 41.1 Å². The summed E-state index contributed by atoms with van der Waals surface area (Å²) in [7, 11) is 1.50. The van der Waals surface area contributed by atoms with E-state index in [2.05, 4.69) is 22.5 Å². The molecule has 3 heterocycles. The zero-order valence-corrected chi connectivity index (χ0v) is 35.8. The predicted octanol–water partition coefficient (Wildman–Crippen LogP) is 4.98. The number of nitrogens with zero attached hydrogens (tertiary/aromatic N) is 2. The predicted molar refractivity (Wildman–Crippen MR) is 221 cm³/mol. The fraction of sp³-hybridized carbons (Fsp3) is 0.714. The van der Waals surface area contributed by atoms with Crippen molar-refractivity contribution in [1.82, 2.24) is 20.9 Å². The molecule has 3 rings (SSSR count). The number of cyclic esters (lactones) is 1. The molecule has 14 heteroatoms. The zero-order chi connectivity index (χ0) is 41.7. The fourth-order valence-electron chi connectivity index (χ4n) is 7.09. The topological polar surface area (TPSA) is 176 Å². The maximum atomic E-state index is 14.2. The Morgan fingerprint density at radius 2 is 1.80 bits per heavy atom. The molecule has 0 unspecified atom stereocenters. The minimum absolute atomic E-state index is 0.0259. The van der Waals surface area contributed by atoms with Crippen LogP contribution in [0, 0.1) is 17.3 Å². The Hall–Kier alpha value is -3.65. The third kappa shape index (κ3) is 14.1. The third-order valence-electron chi connectivity index (χ3n) is 10.9. The largest absolute Gasteiger partial charge is 0.497 e. The zero-order valence-electron chi connectivity index (χ0n) is 35.0. The second kappa shape index (κ2) is 21.8. The van der Waals surface area contributed by atoms with Crippen molar-refractivity contribution in [2.45, 2.75) is 156 Å². The molecular weight excluding hydrogens is 735 g/mol. The van der Waals surface area contributed by atoms with Crippen molar-refractivity contribution in [2.24, 2.45) is 22.2 Å². The number of methoxy groups -OCH3 is 1. The van der Waals surface area contributed by atoms with Gasteiger partial charge in [0.05, 0.1) is 24.3 Å². The van der Waals surface area contributed by atoms with Crippen molar-refractivity contribution >= 4 is 46.4 Å². The third-order valence-corrected chi connectivity index (χ3v) is 12.1. The molecule has 56 heavy (non-hydrogen) atoms. The molecule has 314 valence electrons. The van der Waals surface area contributed by atoms with Gasteiger partial charge in [0.25, 0.3) is 0 Å². The lowest BCUT2D eigenvalue weighted by molar-refractivity contribution is -0.164. The number of fused-ring (bicyclic) bond motifs is 2. The van der Waals surface area contributed by atoms with Crippen LogP contribution in [0.25, 0.3) is 0 Å². The van der Waals surface area contributed by atoms with Gasteiger partial charge in [-0.3, -0.25) is 24.2 Å². The minimum Gasteiger partial charge on any atom is -0.497 e. The van der Waals surface area contributed by atoms with Gasteiger partial charge in [-0.25, -0.2) is 4.79 Å². The van der Waals surface area contributed by atoms with Gasteiger partial charge in [-0.2, -0.15) is 0 Å². The monoisotopic (exact) mass is 801 g/mol. The summed E-state index contributed by atoms with van der Waals surface area (Å²) >= 11 is 1.58. The highest BCUT2D eigenvalue weighted by molar-refractivity contribution is 8.14. The molecule has 0 saturated carbocycles. The van der Waals surface area contributed by atoms with E-state index in [1.807, 2.05) is 54.5 Å². The lowest BCUT2D eigenvalue weighted by Crippen LogP contribution is -2.58. The molecule has 2 bridgehead atoms. The molecule has 0 aromatic heterocycles. The van der Waals surface area contributed by atoms with Crippen LogP contribution < -0.4 is 16.0 Å². The van der Waals surface area contributed by atoms with Crippen molar-refractivity contribution in [3.05, 3.63) is 36.1 Å². The van der Waals surface area contributed by atoms with E-state index in [0.717, 1.165) is 10.6 Å². The molecule has 13 nitrogen and oxygen atoms in total. The Morgan fingerprint density at radius 1 is 1.09 bits per heavy atom. The van der Waals surface area contributed by atoms with E-state index >= 15 is 0 Å². The summed E-state index contributed by atoms with van der Waals surface area (Å²) < 4.78 is 11.3.